The molecular weight excluding hydrogens is 202 g/mol. The maximum atomic E-state index is 10.4. The average molecular weight is 215 g/mol. The molecule has 0 spiro atoms. The Morgan fingerprint density at radius 1 is 1.69 bits per heavy atom. The molecule has 0 aliphatic rings. The fourth-order valence-corrected chi connectivity index (χ4v) is 2.17. The van der Waals surface area contributed by atoms with E-state index in [-0.39, 0.29) is 0 Å². The van der Waals surface area contributed by atoms with Crippen molar-refractivity contribution in [2.45, 2.75) is 0 Å². The smallest absolute Gasteiger partial charge is 0.160 e. The highest BCUT2D eigenvalue weighted by atomic mass is 32.2. The molecule has 0 saturated heterocycles. The Labute approximate surface area is 86.9 Å². The third-order valence-electron chi connectivity index (χ3n) is 1.79. The van der Waals surface area contributed by atoms with Crippen LogP contribution in [0.1, 0.15) is 9.67 Å². The second kappa shape index (κ2) is 5.29. The molecule has 0 aliphatic heterocycles. The Morgan fingerprint density at radius 3 is 3.00 bits per heavy atom. The first-order chi connectivity index (χ1) is 6.27. The molecule has 0 fully saturated rings. The van der Waals surface area contributed by atoms with Gasteiger partial charge in [0.05, 0.1) is 4.88 Å². The molecule has 0 bridgehead atoms. The minimum atomic E-state index is 0.797. The van der Waals surface area contributed by atoms with Gasteiger partial charge in [-0.25, -0.2) is 0 Å². The van der Waals surface area contributed by atoms with Gasteiger partial charge >= 0.3 is 0 Å². The molecule has 0 N–H and O–H groups in total. The van der Waals surface area contributed by atoms with Gasteiger partial charge in [0.25, 0.3) is 0 Å². The summed E-state index contributed by atoms with van der Waals surface area (Å²) in [5.74, 6) is 1.11. The van der Waals surface area contributed by atoms with E-state index in [1.165, 1.54) is 11.3 Å². The molecule has 1 aromatic rings. The van der Waals surface area contributed by atoms with E-state index in [4.69, 9.17) is 0 Å². The number of anilines is 1. The molecule has 0 unspecified atom stereocenters. The van der Waals surface area contributed by atoms with Crippen LogP contribution in [0.15, 0.2) is 11.4 Å². The van der Waals surface area contributed by atoms with Crippen LogP contribution in [0, 0.1) is 0 Å². The standard InChI is InChI=1S/C9H13NOS2/c1-10(3-4-12-2)8-5-9(6-11)13-7-8/h5-7H,3-4H2,1-2H3. The summed E-state index contributed by atoms with van der Waals surface area (Å²) >= 11 is 3.32. The minimum absolute atomic E-state index is 0.797. The Hall–Kier alpha value is -0.480. The molecule has 4 heteroatoms. The summed E-state index contributed by atoms with van der Waals surface area (Å²) < 4.78 is 0. The van der Waals surface area contributed by atoms with Crippen LogP contribution in [0.25, 0.3) is 0 Å². The van der Waals surface area contributed by atoms with Gasteiger partial charge in [-0.2, -0.15) is 11.8 Å². The number of hydrogen-bond acceptors (Lipinski definition) is 4. The molecule has 0 radical (unpaired) electrons. The van der Waals surface area contributed by atoms with Crippen LogP contribution in [0.4, 0.5) is 5.69 Å². The molecule has 0 saturated carbocycles. The lowest BCUT2D eigenvalue weighted by Gasteiger charge is -2.16. The van der Waals surface area contributed by atoms with Gasteiger partial charge in [-0.1, -0.05) is 0 Å². The van der Waals surface area contributed by atoms with Crippen molar-refractivity contribution in [3.05, 3.63) is 16.3 Å². The quantitative estimate of drug-likeness (QED) is 0.703. The average Bonchev–Trinajstić information content (AvgIpc) is 2.62. The molecular formula is C9H13NOS2. The lowest BCUT2D eigenvalue weighted by molar-refractivity contribution is 0.112. The van der Waals surface area contributed by atoms with Crippen LogP contribution in [0.5, 0.6) is 0 Å². The van der Waals surface area contributed by atoms with E-state index in [9.17, 15) is 4.79 Å². The number of thioether (sulfide) groups is 1. The zero-order chi connectivity index (χ0) is 9.68. The van der Waals surface area contributed by atoms with E-state index < -0.39 is 0 Å². The number of thiophene rings is 1. The van der Waals surface area contributed by atoms with Gasteiger partial charge < -0.3 is 4.90 Å². The topological polar surface area (TPSA) is 20.3 Å². The first-order valence-electron chi connectivity index (χ1n) is 4.01. The zero-order valence-corrected chi connectivity index (χ0v) is 9.45. The normalized spacial score (nSPS) is 10.0. The summed E-state index contributed by atoms with van der Waals surface area (Å²) in [6.07, 6.45) is 2.99. The molecule has 1 rings (SSSR count). The second-order valence-corrected chi connectivity index (χ2v) is 4.67. The van der Waals surface area contributed by atoms with E-state index in [1.54, 1.807) is 0 Å². The maximum Gasteiger partial charge on any atom is 0.160 e. The highest BCUT2D eigenvalue weighted by Crippen LogP contribution is 2.20. The van der Waals surface area contributed by atoms with Crippen LogP contribution in [-0.2, 0) is 0 Å². The summed E-state index contributed by atoms with van der Waals surface area (Å²) in [6, 6.07) is 1.93. The molecule has 1 aromatic heterocycles. The summed E-state index contributed by atoms with van der Waals surface area (Å²) in [5, 5.41) is 2.02. The Morgan fingerprint density at radius 2 is 2.46 bits per heavy atom. The van der Waals surface area contributed by atoms with E-state index in [0.29, 0.717) is 0 Å². The molecule has 1 heterocycles. The van der Waals surface area contributed by atoms with Gasteiger partial charge in [0.2, 0.25) is 0 Å². The first kappa shape index (κ1) is 10.6. The molecule has 0 aliphatic carbocycles. The number of carbonyl (C=O) groups is 1. The molecule has 0 amide bonds. The summed E-state index contributed by atoms with van der Waals surface area (Å²) in [7, 11) is 2.05. The van der Waals surface area contributed by atoms with Crippen LogP contribution >= 0.6 is 23.1 Å². The predicted octanol–water partition coefficient (Wildman–Crippen LogP) is 2.36. The molecule has 0 aromatic carbocycles. The molecule has 2 nitrogen and oxygen atoms in total. The maximum absolute atomic E-state index is 10.4. The Kier molecular flexibility index (Phi) is 4.32. The number of rotatable bonds is 5. The van der Waals surface area contributed by atoms with Crippen molar-refractivity contribution in [2.24, 2.45) is 0 Å². The van der Waals surface area contributed by atoms with Crippen LogP contribution < -0.4 is 4.90 Å². The Balaban J connectivity index is 2.54. The number of nitrogens with zero attached hydrogens (tertiary/aromatic N) is 1. The van der Waals surface area contributed by atoms with Crippen molar-refractivity contribution in [2.75, 3.05) is 30.5 Å². The van der Waals surface area contributed by atoms with Gasteiger partial charge in [0.1, 0.15) is 0 Å². The number of aldehydes is 1. The van der Waals surface area contributed by atoms with Gasteiger partial charge in [-0.3, -0.25) is 4.79 Å². The van der Waals surface area contributed by atoms with Crippen molar-refractivity contribution < 1.29 is 4.79 Å². The molecule has 72 valence electrons. The largest absolute Gasteiger partial charge is 0.373 e. The van der Waals surface area contributed by atoms with E-state index in [0.717, 1.165) is 29.1 Å². The highest BCUT2D eigenvalue weighted by molar-refractivity contribution is 7.98. The monoisotopic (exact) mass is 215 g/mol. The third-order valence-corrected chi connectivity index (χ3v) is 3.23. The van der Waals surface area contributed by atoms with Crippen molar-refractivity contribution >= 4 is 35.1 Å². The SMILES string of the molecule is CSCCN(C)c1csc(C=O)c1. The van der Waals surface area contributed by atoms with E-state index in [1.807, 2.05) is 30.3 Å². The Bertz CT molecular complexity index is 272. The van der Waals surface area contributed by atoms with Crippen LogP contribution in [0.3, 0.4) is 0 Å². The summed E-state index contributed by atoms with van der Waals surface area (Å²) in [5.41, 5.74) is 1.14. The molecule has 0 atom stereocenters. The van der Waals surface area contributed by atoms with Gasteiger partial charge in [0.15, 0.2) is 6.29 Å². The first-order valence-corrected chi connectivity index (χ1v) is 6.29. The van der Waals surface area contributed by atoms with Crippen molar-refractivity contribution in [1.82, 2.24) is 0 Å². The van der Waals surface area contributed by atoms with Gasteiger partial charge in [-0.05, 0) is 12.3 Å². The van der Waals surface area contributed by atoms with Crippen molar-refractivity contribution in [1.29, 1.82) is 0 Å². The van der Waals surface area contributed by atoms with Gasteiger partial charge in [0, 0.05) is 30.4 Å². The fraction of sp³-hybridized carbons (Fsp3) is 0.444. The summed E-state index contributed by atoms with van der Waals surface area (Å²) in [4.78, 5) is 13.4. The molecule has 13 heavy (non-hydrogen) atoms. The number of carbonyl (C=O) groups excluding carboxylic acids is 1. The van der Waals surface area contributed by atoms with Crippen LogP contribution in [0.2, 0.25) is 0 Å². The number of hydrogen-bond donors (Lipinski definition) is 0. The zero-order valence-electron chi connectivity index (χ0n) is 7.82. The van der Waals surface area contributed by atoms with Crippen LogP contribution in [-0.4, -0.2) is 31.9 Å². The fourth-order valence-electron chi connectivity index (χ4n) is 0.961. The van der Waals surface area contributed by atoms with Crippen molar-refractivity contribution in [3.8, 4) is 0 Å². The lowest BCUT2D eigenvalue weighted by Crippen LogP contribution is -2.19. The highest BCUT2D eigenvalue weighted by Gasteiger charge is 2.03. The second-order valence-electron chi connectivity index (χ2n) is 2.74. The van der Waals surface area contributed by atoms with Gasteiger partial charge in [-0.15, -0.1) is 11.3 Å². The lowest BCUT2D eigenvalue weighted by atomic mass is 10.4. The predicted molar refractivity (Wildman–Crippen MR) is 61.4 cm³/mol. The van der Waals surface area contributed by atoms with E-state index >= 15 is 0 Å². The third kappa shape index (κ3) is 3.04. The minimum Gasteiger partial charge on any atom is -0.373 e. The summed E-state index contributed by atoms with van der Waals surface area (Å²) in [6.45, 7) is 1.02. The van der Waals surface area contributed by atoms with Crippen molar-refractivity contribution in [3.63, 3.8) is 0 Å². The van der Waals surface area contributed by atoms with E-state index in [2.05, 4.69) is 11.2 Å².